The third kappa shape index (κ3) is 3.41. The van der Waals surface area contributed by atoms with Gasteiger partial charge in [-0.1, -0.05) is 0 Å². The van der Waals surface area contributed by atoms with Crippen LogP contribution in [0.3, 0.4) is 0 Å². The lowest BCUT2D eigenvalue weighted by atomic mass is 10.4. The lowest BCUT2D eigenvalue weighted by Gasteiger charge is -2.10. The number of hydrogen-bond acceptors (Lipinski definition) is 2. The molecule has 0 saturated heterocycles. The van der Waals surface area contributed by atoms with Crippen molar-refractivity contribution >= 4 is 32.8 Å². The van der Waals surface area contributed by atoms with E-state index in [2.05, 4.69) is 25.6 Å². The lowest BCUT2D eigenvalue weighted by molar-refractivity contribution is 0.608. The first-order valence-electron chi connectivity index (χ1n) is 3.56. The van der Waals surface area contributed by atoms with E-state index in [1.54, 1.807) is 30.8 Å². The number of rotatable bonds is 3. The van der Waals surface area contributed by atoms with Gasteiger partial charge in [0, 0.05) is 24.8 Å². The van der Waals surface area contributed by atoms with E-state index in [4.69, 9.17) is 0 Å². The topological polar surface area (TPSA) is 45.2 Å². The molecular weight excluding hydrogens is 254 g/mol. The standard InChI is InChI=1S/C7H10BrN3OS/c1-11(2)13(12)10-7-3-6(8)4-9-5-7/h3-5,10H,1-2H3. The fraction of sp³-hybridized carbons (Fsp3) is 0.286. The van der Waals surface area contributed by atoms with Crippen LogP contribution in [0.4, 0.5) is 5.69 Å². The molecule has 0 aliphatic carbocycles. The summed E-state index contributed by atoms with van der Waals surface area (Å²) in [6.07, 6.45) is 3.29. The van der Waals surface area contributed by atoms with Crippen molar-refractivity contribution in [1.29, 1.82) is 0 Å². The van der Waals surface area contributed by atoms with Crippen molar-refractivity contribution in [2.45, 2.75) is 0 Å². The fourth-order valence-corrected chi connectivity index (χ4v) is 1.52. The van der Waals surface area contributed by atoms with Crippen LogP contribution in [-0.4, -0.2) is 27.6 Å². The molecule has 1 unspecified atom stereocenters. The van der Waals surface area contributed by atoms with E-state index in [1.165, 1.54) is 0 Å². The van der Waals surface area contributed by atoms with Crippen molar-refractivity contribution in [2.24, 2.45) is 0 Å². The Morgan fingerprint density at radius 2 is 2.23 bits per heavy atom. The van der Waals surface area contributed by atoms with Crippen molar-refractivity contribution in [1.82, 2.24) is 9.29 Å². The summed E-state index contributed by atoms with van der Waals surface area (Å²) in [6, 6.07) is 1.81. The third-order valence-corrected chi connectivity index (χ3v) is 2.75. The number of nitrogens with zero attached hydrogens (tertiary/aromatic N) is 2. The average Bonchev–Trinajstić information content (AvgIpc) is 2.04. The van der Waals surface area contributed by atoms with Gasteiger partial charge in [-0.05, 0) is 22.0 Å². The van der Waals surface area contributed by atoms with Crippen LogP contribution >= 0.6 is 15.9 Å². The first-order chi connectivity index (χ1) is 6.09. The normalized spacial score (nSPS) is 12.9. The summed E-state index contributed by atoms with van der Waals surface area (Å²) in [5.41, 5.74) is 0.724. The number of hydrogen-bond donors (Lipinski definition) is 1. The molecule has 72 valence electrons. The molecule has 1 heterocycles. The maximum Gasteiger partial charge on any atom is 0.195 e. The molecule has 0 amide bonds. The highest BCUT2D eigenvalue weighted by Gasteiger charge is 2.02. The number of anilines is 1. The Morgan fingerprint density at radius 3 is 2.77 bits per heavy atom. The Kier molecular flexibility index (Phi) is 3.83. The molecule has 1 aromatic rings. The first kappa shape index (κ1) is 10.6. The van der Waals surface area contributed by atoms with E-state index in [-0.39, 0.29) is 0 Å². The maximum absolute atomic E-state index is 11.3. The maximum atomic E-state index is 11.3. The molecule has 6 heteroatoms. The summed E-state index contributed by atoms with van der Waals surface area (Å²) < 4.78 is 16.5. The molecule has 0 aliphatic rings. The molecule has 0 aromatic carbocycles. The number of nitrogens with one attached hydrogen (secondary N) is 1. The molecule has 4 nitrogen and oxygen atoms in total. The van der Waals surface area contributed by atoms with Crippen LogP contribution in [0.1, 0.15) is 0 Å². The Balaban J connectivity index is 2.69. The molecule has 1 N–H and O–H groups in total. The summed E-state index contributed by atoms with van der Waals surface area (Å²) in [7, 11) is 3.46. The average molecular weight is 264 g/mol. The van der Waals surface area contributed by atoms with E-state index in [9.17, 15) is 4.21 Å². The Labute approximate surface area is 88.2 Å². The van der Waals surface area contributed by atoms with Crippen molar-refractivity contribution in [3.63, 3.8) is 0 Å². The van der Waals surface area contributed by atoms with Gasteiger partial charge < -0.3 is 0 Å². The molecule has 1 rings (SSSR count). The van der Waals surface area contributed by atoms with Gasteiger partial charge in [0.1, 0.15) is 0 Å². The lowest BCUT2D eigenvalue weighted by Crippen LogP contribution is -2.21. The first-order valence-corrected chi connectivity index (χ1v) is 5.46. The van der Waals surface area contributed by atoms with E-state index < -0.39 is 11.2 Å². The van der Waals surface area contributed by atoms with Crippen LogP contribution < -0.4 is 4.72 Å². The number of halogens is 1. The summed E-state index contributed by atoms with van der Waals surface area (Å²) in [4.78, 5) is 3.93. The van der Waals surface area contributed by atoms with Crippen LogP contribution in [0.25, 0.3) is 0 Å². The summed E-state index contributed by atoms with van der Waals surface area (Å²) in [5.74, 6) is 0. The van der Waals surface area contributed by atoms with Crippen LogP contribution in [0.15, 0.2) is 22.9 Å². The predicted octanol–water partition coefficient (Wildman–Crippen LogP) is 1.40. The molecule has 0 aliphatic heterocycles. The summed E-state index contributed by atoms with van der Waals surface area (Å²) >= 11 is 2.07. The van der Waals surface area contributed by atoms with Gasteiger partial charge in [0.05, 0.1) is 11.9 Å². The van der Waals surface area contributed by atoms with Gasteiger partial charge >= 0.3 is 0 Å². The molecule has 1 atom stereocenters. The van der Waals surface area contributed by atoms with Gasteiger partial charge in [-0.15, -0.1) is 0 Å². The minimum atomic E-state index is -1.21. The number of aromatic nitrogens is 1. The molecule has 13 heavy (non-hydrogen) atoms. The summed E-state index contributed by atoms with van der Waals surface area (Å²) in [5, 5.41) is 0. The third-order valence-electron chi connectivity index (χ3n) is 1.24. The van der Waals surface area contributed by atoms with Crippen LogP contribution in [0.2, 0.25) is 0 Å². The van der Waals surface area contributed by atoms with Crippen LogP contribution in [0, 0.1) is 0 Å². The Morgan fingerprint density at radius 1 is 1.54 bits per heavy atom. The Hall–Kier alpha value is -0.460. The van der Waals surface area contributed by atoms with Crippen molar-refractivity contribution in [3.8, 4) is 0 Å². The molecule has 0 radical (unpaired) electrons. The van der Waals surface area contributed by atoms with Gasteiger partial charge in [-0.25, -0.2) is 8.51 Å². The van der Waals surface area contributed by atoms with Crippen molar-refractivity contribution < 1.29 is 4.21 Å². The van der Waals surface area contributed by atoms with E-state index in [1.807, 2.05) is 6.07 Å². The summed E-state index contributed by atoms with van der Waals surface area (Å²) in [6.45, 7) is 0. The van der Waals surface area contributed by atoms with E-state index >= 15 is 0 Å². The van der Waals surface area contributed by atoms with Gasteiger partial charge in [-0.2, -0.15) is 0 Å². The van der Waals surface area contributed by atoms with Crippen molar-refractivity contribution in [3.05, 3.63) is 22.9 Å². The van der Waals surface area contributed by atoms with Gasteiger partial charge in [0.2, 0.25) is 0 Å². The molecule has 0 saturated carbocycles. The molecule has 1 aromatic heterocycles. The van der Waals surface area contributed by atoms with Crippen LogP contribution in [-0.2, 0) is 11.2 Å². The fourth-order valence-electron chi connectivity index (χ4n) is 0.660. The van der Waals surface area contributed by atoms with E-state index in [0.717, 1.165) is 10.2 Å². The second kappa shape index (κ2) is 4.69. The highest BCUT2D eigenvalue weighted by atomic mass is 79.9. The zero-order chi connectivity index (χ0) is 9.84. The predicted molar refractivity (Wildman–Crippen MR) is 57.4 cm³/mol. The second-order valence-electron chi connectivity index (χ2n) is 2.56. The largest absolute Gasteiger partial charge is 0.291 e. The zero-order valence-corrected chi connectivity index (χ0v) is 9.72. The molecule has 0 spiro atoms. The Bertz CT molecular complexity index is 318. The number of pyridine rings is 1. The van der Waals surface area contributed by atoms with Gasteiger partial charge in [0.15, 0.2) is 11.2 Å². The quantitative estimate of drug-likeness (QED) is 0.896. The van der Waals surface area contributed by atoms with E-state index in [0.29, 0.717) is 0 Å². The minimum Gasteiger partial charge on any atom is -0.291 e. The van der Waals surface area contributed by atoms with Crippen molar-refractivity contribution in [2.75, 3.05) is 18.8 Å². The zero-order valence-electron chi connectivity index (χ0n) is 7.32. The molecule has 0 bridgehead atoms. The van der Waals surface area contributed by atoms with Gasteiger partial charge in [0.25, 0.3) is 0 Å². The molecular formula is C7H10BrN3OS. The highest BCUT2D eigenvalue weighted by molar-refractivity contribution is 9.10. The SMILES string of the molecule is CN(C)S(=O)Nc1cncc(Br)c1. The smallest absolute Gasteiger partial charge is 0.195 e. The highest BCUT2D eigenvalue weighted by Crippen LogP contribution is 2.14. The monoisotopic (exact) mass is 263 g/mol. The van der Waals surface area contributed by atoms with Crippen LogP contribution in [0.5, 0.6) is 0 Å². The van der Waals surface area contributed by atoms with Gasteiger partial charge in [-0.3, -0.25) is 9.71 Å². The minimum absolute atomic E-state index is 0.724. The second-order valence-corrected chi connectivity index (χ2v) is 4.90. The molecule has 0 fully saturated rings.